The molecule has 0 saturated carbocycles. The number of hydrogen-bond donors (Lipinski definition) is 1. The minimum atomic E-state index is -1.53. The molecule has 2 aliphatic heterocycles. The molecule has 2 aromatic carbocycles. The lowest BCUT2D eigenvalue weighted by Crippen LogP contribution is -2.37. The van der Waals surface area contributed by atoms with E-state index in [1.165, 1.54) is 12.1 Å². The number of carbonyl (C=O) groups excluding carboxylic acids is 4. The van der Waals surface area contributed by atoms with Crippen molar-refractivity contribution in [3.63, 3.8) is 0 Å². The van der Waals surface area contributed by atoms with Crippen molar-refractivity contribution in [3.8, 4) is 0 Å². The monoisotopic (exact) mass is 402 g/mol. The summed E-state index contributed by atoms with van der Waals surface area (Å²) in [5.74, 6) is -7.73. The minimum absolute atomic E-state index is 0.129. The third-order valence-corrected chi connectivity index (χ3v) is 5.84. The lowest BCUT2D eigenvalue weighted by Gasteiger charge is -2.17. The summed E-state index contributed by atoms with van der Waals surface area (Å²) in [6.07, 6.45) is 0. The molecule has 30 heavy (non-hydrogen) atoms. The summed E-state index contributed by atoms with van der Waals surface area (Å²) in [4.78, 5) is 69.0. The average molecular weight is 402 g/mol. The van der Waals surface area contributed by atoms with Crippen LogP contribution in [-0.4, -0.2) is 46.2 Å². The minimum Gasteiger partial charge on any atom is -0.480 e. The molecule has 2 heterocycles. The molecule has 8 heteroatoms. The van der Waals surface area contributed by atoms with Gasteiger partial charge in [-0.25, -0.2) is 9.69 Å². The first-order valence-corrected chi connectivity index (χ1v) is 9.32. The van der Waals surface area contributed by atoms with Crippen LogP contribution in [0.4, 0.5) is 5.69 Å². The fourth-order valence-corrected chi connectivity index (χ4v) is 4.55. The number of Topliss-reactive ketones (excluding diaryl/α,β-unsaturated/α-hetero) is 2. The zero-order valence-electron chi connectivity index (χ0n) is 15.4. The van der Waals surface area contributed by atoms with Crippen LogP contribution in [0.2, 0.25) is 0 Å². The summed E-state index contributed by atoms with van der Waals surface area (Å²) in [7, 11) is 0. The quantitative estimate of drug-likeness (QED) is 0.612. The zero-order chi connectivity index (χ0) is 21.2. The molecule has 0 bridgehead atoms. The summed E-state index contributed by atoms with van der Waals surface area (Å²) in [6, 6.07) is 12.9. The predicted octanol–water partition coefficient (Wildman–Crippen LogP) is 1.40. The number of carboxylic acids is 1. The van der Waals surface area contributed by atoms with Crippen molar-refractivity contribution in [3.05, 3.63) is 65.7 Å². The Morgan fingerprint density at radius 2 is 1.40 bits per heavy atom. The van der Waals surface area contributed by atoms with E-state index in [0.29, 0.717) is 5.69 Å². The molecule has 3 atom stereocenters. The molecule has 1 N–H and O–H groups in total. The Balaban J connectivity index is 1.61. The molecule has 0 aromatic heterocycles. The first-order chi connectivity index (χ1) is 14.4. The fraction of sp³-hybridized carbons (Fsp3) is 0.182. The van der Waals surface area contributed by atoms with E-state index in [-0.39, 0.29) is 16.8 Å². The highest BCUT2D eigenvalue weighted by Gasteiger charge is 2.62. The van der Waals surface area contributed by atoms with Gasteiger partial charge in [0.15, 0.2) is 17.6 Å². The molecule has 8 nitrogen and oxygen atoms in total. The van der Waals surface area contributed by atoms with Crippen LogP contribution in [0.3, 0.4) is 0 Å². The number of anilines is 1. The van der Waals surface area contributed by atoms with E-state index in [1.807, 2.05) is 0 Å². The molecule has 5 rings (SSSR count). The number of fused-ring (bicyclic) bond motifs is 2. The molecule has 2 aromatic rings. The van der Waals surface area contributed by atoms with E-state index in [0.717, 1.165) is 4.90 Å². The topological polar surface area (TPSA) is 121 Å². The van der Waals surface area contributed by atoms with Gasteiger partial charge in [0.2, 0.25) is 11.8 Å². The Morgan fingerprint density at radius 1 is 0.833 bits per heavy atom. The largest absolute Gasteiger partial charge is 0.480 e. The lowest BCUT2D eigenvalue weighted by atomic mass is 9.82. The second-order valence-electron chi connectivity index (χ2n) is 7.40. The number of benzene rings is 2. The molecule has 0 unspecified atom stereocenters. The van der Waals surface area contributed by atoms with Crippen LogP contribution in [0.5, 0.6) is 0 Å². The fourth-order valence-electron chi connectivity index (χ4n) is 4.55. The van der Waals surface area contributed by atoms with Crippen molar-refractivity contribution in [2.75, 3.05) is 4.90 Å². The van der Waals surface area contributed by atoms with Crippen LogP contribution >= 0.6 is 0 Å². The van der Waals surface area contributed by atoms with Crippen molar-refractivity contribution in [1.82, 2.24) is 0 Å². The number of para-hydroxylation sites is 1. The van der Waals surface area contributed by atoms with Gasteiger partial charge in [0.1, 0.15) is 5.92 Å². The van der Waals surface area contributed by atoms with E-state index >= 15 is 0 Å². The van der Waals surface area contributed by atoms with Crippen molar-refractivity contribution in [1.29, 1.82) is 0 Å². The standard InChI is InChI=1S/C22H14N2O6/c25-18-11-8-4-5-9-12(11)19(26)15(18)16-13-14(17(23-16)22(29)30)21(28)24(20(13)27)10-6-2-1-3-7-10/h1-9,13-15,17H,(H,29,30)/t13-,14+,17-/m0/s1. The Kier molecular flexibility index (Phi) is 3.79. The maximum absolute atomic E-state index is 13.2. The maximum Gasteiger partial charge on any atom is 0.329 e. The van der Waals surface area contributed by atoms with Gasteiger partial charge in [0.25, 0.3) is 0 Å². The second kappa shape index (κ2) is 6.28. The van der Waals surface area contributed by atoms with E-state index in [9.17, 15) is 29.1 Å². The summed E-state index contributed by atoms with van der Waals surface area (Å²) < 4.78 is 0. The Hall–Kier alpha value is -3.94. The predicted molar refractivity (Wildman–Crippen MR) is 103 cm³/mol. The third kappa shape index (κ3) is 2.27. The van der Waals surface area contributed by atoms with Gasteiger partial charge >= 0.3 is 5.97 Å². The van der Waals surface area contributed by atoms with Crippen molar-refractivity contribution in [2.24, 2.45) is 22.7 Å². The number of hydrogen-bond acceptors (Lipinski definition) is 6. The van der Waals surface area contributed by atoms with Crippen LogP contribution in [0.25, 0.3) is 0 Å². The summed E-state index contributed by atoms with van der Waals surface area (Å²) in [6.45, 7) is 0. The van der Waals surface area contributed by atoms with E-state index in [4.69, 9.17) is 0 Å². The summed E-state index contributed by atoms with van der Waals surface area (Å²) >= 11 is 0. The van der Waals surface area contributed by atoms with Gasteiger partial charge in [-0.3, -0.25) is 24.2 Å². The number of carboxylic acid groups (broad SMARTS) is 1. The molecule has 148 valence electrons. The first kappa shape index (κ1) is 18.1. The van der Waals surface area contributed by atoms with Gasteiger partial charge in [0.05, 0.1) is 17.5 Å². The number of imide groups is 1. The Labute approximate surface area is 169 Å². The maximum atomic E-state index is 13.2. The molecular weight excluding hydrogens is 388 g/mol. The van der Waals surface area contributed by atoms with Gasteiger partial charge in [0, 0.05) is 16.8 Å². The van der Waals surface area contributed by atoms with Gasteiger partial charge in [-0.2, -0.15) is 0 Å². The van der Waals surface area contributed by atoms with Crippen LogP contribution in [0.15, 0.2) is 59.6 Å². The number of rotatable bonds is 3. The summed E-state index contributed by atoms with van der Waals surface area (Å²) in [5.41, 5.74) is 0.595. The third-order valence-electron chi connectivity index (χ3n) is 5.84. The highest BCUT2D eigenvalue weighted by molar-refractivity contribution is 6.41. The SMILES string of the molecule is O=C1c2ccccc2C(=O)C1C1=N[C@H](C(=O)O)[C@@H]2C(=O)N(c3ccccc3)C(=O)[C@H]12. The normalized spacial score (nSPS) is 25.5. The van der Waals surface area contributed by atoms with E-state index in [1.54, 1.807) is 42.5 Å². The first-order valence-electron chi connectivity index (χ1n) is 9.32. The number of carbonyl (C=O) groups is 5. The smallest absolute Gasteiger partial charge is 0.329 e. The van der Waals surface area contributed by atoms with Gasteiger partial charge in [-0.05, 0) is 12.1 Å². The highest BCUT2D eigenvalue weighted by atomic mass is 16.4. The van der Waals surface area contributed by atoms with Crippen LogP contribution in [0, 0.1) is 17.8 Å². The van der Waals surface area contributed by atoms with Crippen LogP contribution < -0.4 is 4.90 Å². The number of nitrogens with zero attached hydrogens (tertiary/aromatic N) is 2. The molecular formula is C22H14N2O6. The average Bonchev–Trinajstić information content (AvgIpc) is 3.33. The second-order valence-corrected chi connectivity index (χ2v) is 7.40. The summed E-state index contributed by atoms with van der Waals surface area (Å²) in [5, 5.41) is 9.63. The van der Waals surface area contributed by atoms with Crippen molar-refractivity contribution >= 4 is 40.7 Å². The van der Waals surface area contributed by atoms with Gasteiger partial charge in [-0.1, -0.05) is 42.5 Å². The highest BCUT2D eigenvalue weighted by Crippen LogP contribution is 2.43. The number of aliphatic imine (C=N–C) groups is 1. The molecule has 0 radical (unpaired) electrons. The van der Waals surface area contributed by atoms with Crippen LogP contribution in [-0.2, 0) is 14.4 Å². The number of ketones is 2. The Morgan fingerprint density at radius 3 is 1.97 bits per heavy atom. The van der Waals surface area contributed by atoms with E-state index < -0.39 is 53.1 Å². The zero-order valence-corrected chi connectivity index (χ0v) is 15.4. The molecule has 0 spiro atoms. The Bertz CT molecular complexity index is 1150. The van der Waals surface area contributed by atoms with Crippen molar-refractivity contribution in [2.45, 2.75) is 6.04 Å². The number of amides is 2. The molecule has 1 fully saturated rings. The molecule has 3 aliphatic rings. The number of aliphatic carboxylic acids is 1. The molecule has 2 amide bonds. The van der Waals surface area contributed by atoms with E-state index in [2.05, 4.69) is 4.99 Å². The van der Waals surface area contributed by atoms with Crippen LogP contribution in [0.1, 0.15) is 20.7 Å². The van der Waals surface area contributed by atoms with Gasteiger partial charge < -0.3 is 5.11 Å². The van der Waals surface area contributed by atoms with Crippen molar-refractivity contribution < 1.29 is 29.1 Å². The van der Waals surface area contributed by atoms with Gasteiger partial charge in [-0.15, -0.1) is 0 Å². The molecule has 1 aliphatic carbocycles. The molecule has 1 saturated heterocycles. The lowest BCUT2D eigenvalue weighted by molar-refractivity contribution is -0.141.